The topological polar surface area (TPSA) is 71.9 Å². The Bertz CT molecular complexity index is 819. The molecule has 0 unspecified atom stereocenters. The lowest BCUT2D eigenvalue weighted by molar-refractivity contribution is -0.164. The lowest BCUT2D eigenvalue weighted by atomic mass is 9.66. The van der Waals surface area contributed by atoms with Gasteiger partial charge >= 0.3 is 6.18 Å². The van der Waals surface area contributed by atoms with E-state index in [9.17, 15) is 23.1 Å². The highest BCUT2D eigenvalue weighted by atomic mass is 19.4. The minimum atomic E-state index is -4.53. The van der Waals surface area contributed by atoms with Gasteiger partial charge in [-0.1, -0.05) is 0 Å². The van der Waals surface area contributed by atoms with Crippen LogP contribution in [0.5, 0.6) is 11.8 Å². The summed E-state index contributed by atoms with van der Waals surface area (Å²) in [6.07, 6.45) is -0.221. The van der Waals surface area contributed by atoms with Gasteiger partial charge in [0.1, 0.15) is 11.7 Å². The maximum atomic E-state index is 13.1. The normalized spacial score (nSPS) is 28.1. The van der Waals surface area contributed by atoms with Crippen LogP contribution in [0.15, 0.2) is 12.1 Å². The van der Waals surface area contributed by atoms with Crippen molar-refractivity contribution in [3.63, 3.8) is 0 Å². The minimum Gasteiger partial charge on any atom is -0.477 e. The van der Waals surface area contributed by atoms with Crippen LogP contribution in [0.2, 0.25) is 0 Å². The molecule has 9 heteroatoms. The fourth-order valence-corrected chi connectivity index (χ4v) is 5.11. The van der Waals surface area contributed by atoms with E-state index in [4.69, 9.17) is 9.47 Å². The lowest BCUT2D eigenvalue weighted by Gasteiger charge is -2.55. The Labute approximate surface area is 179 Å². The van der Waals surface area contributed by atoms with Gasteiger partial charge in [0.05, 0.1) is 12.2 Å². The summed E-state index contributed by atoms with van der Waals surface area (Å²) in [4.78, 5) is 18.3. The minimum absolute atomic E-state index is 0.0581. The van der Waals surface area contributed by atoms with Gasteiger partial charge in [0, 0.05) is 30.5 Å². The number of halogens is 3. The van der Waals surface area contributed by atoms with Gasteiger partial charge in [0.2, 0.25) is 17.7 Å². The Hall–Kier alpha value is -2.03. The zero-order valence-corrected chi connectivity index (χ0v) is 17.9. The van der Waals surface area contributed by atoms with Gasteiger partial charge in [-0.3, -0.25) is 4.79 Å². The molecule has 1 aromatic rings. The molecule has 0 atom stereocenters. The maximum absolute atomic E-state index is 13.1. The quantitative estimate of drug-likeness (QED) is 0.751. The second-order valence-electron chi connectivity index (χ2n) is 9.55. The predicted molar refractivity (Wildman–Crippen MR) is 106 cm³/mol. The average Bonchev–Trinajstić information content (AvgIpc) is 2.64. The van der Waals surface area contributed by atoms with Crippen LogP contribution in [0.3, 0.4) is 0 Å². The second-order valence-corrected chi connectivity index (χ2v) is 9.55. The van der Waals surface area contributed by atoms with Crippen molar-refractivity contribution in [3.8, 4) is 11.8 Å². The third-order valence-corrected chi connectivity index (χ3v) is 6.79. The van der Waals surface area contributed by atoms with E-state index in [2.05, 4.69) is 4.98 Å². The predicted octanol–water partition coefficient (Wildman–Crippen LogP) is 3.81. The molecule has 2 saturated carbocycles. The van der Waals surface area contributed by atoms with Crippen molar-refractivity contribution in [3.05, 3.63) is 17.7 Å². The number of aliphatic hydroxyl groups is 1. The van der Waals surface area contributed by atoms with Crippen LogP contribution in [0.1, 0.15) is 57.9 Å². The van der Waals surface area contributed by atoms with E-state index < -0.39 is 23.2 Å². The van der Waals surface area contributed by atoms with E-state index in [0.717, 1.165) is 44.8 Å². The van der Waals surface area contributed by atoms with Gasteiger partial charge in [-0.05, 0) is 58.4 Å². The first-order valence-electron chi connectivity index (χ1n) is 10.9. The molecule has 3 aliphatic rings. The zero-order chi connectivity index (χ0) is 22.4. The molecular formula is C22H29F3N2O4. The summed E-state index contributed by atoms with van der Waals surface area (Å²) in [5.74, 6) is -0.229. The van der Waals surface area contributed by atoms with E-state index in [0.29, 0.717) is 12.8 Å². The number of hydrogen-bond donors (Lipinski definition) is 1. The SMILES string of the molecule is CCOc1nc(OC2CCC3(CC2)CN(C(=O)[C@H]2C[C@@](C)(O)C2)C3)ccc1C(F)(F)F. The van der Waals surface area contributed by atoms with Crippen molar-refractivity contribution in [2.24, 2.45) is 11.3 Å². The van der Waals surface area contributed by atoms with Crippen LogP contribution in [0.4, 0.5) is 13.2 Å². The lowest BCUT2D eigenvalue weighted by Crippen LogP contribution is -2.63. The first kappa shape index (κ1) is 22.2. The third kappa shape index (κ3) is 4.61. The summed E-state index contributed by atoms with van der Waals surface area (Å²) < 4.78 is 50.2. The van der Waals surface area contributed by atoms with Gasteiger partial charge < -0.3 is 19.5 Å². The molecule has 1 aromatic heterocycles. The smallest absolute Gasteiger partial charge is 0.421 e. The molecule has 4 rings (SSSR count). The fraction of sp³-hybridized carbons (Fsp3) is 0.727. The molecule has 0 bridgehead atoms. The van der Waals surface area contributed by atoms with Crippen molar-refractivity contribution in [1.82, 2.24) is 9.88 Å². The largest absolute Gasteiger partial charge is 0.477 e. The van der Waals surface area contributed by atoms with Gasteiger partial charge in [-0.25, -0.2) is 0 Å². The standard InChI is InChI=1S/C22H29F3N2O4/c1-3-30-18-16(22(23,24)25)4-5-17(26-18)31-15-6-8-21(9-7-15)12-27(13-21)19(28)14-10-20(2,29)11-14/h4-5,14-15,29H,3,6-13H2,1-2H3/t14-,20+. The summed E-state index contributed by atoms with van der Waals surface area (Å²) in [7, 11) is 0. The number of hydrogen-bond acceptors (Lipinski definition) is 5. The molecule has 3 fully saturated rings. The molecule has 1 N–H and O–H groups in total. The molecule has 31 heavy (non-hydrogen) atoms. The first-order valence-corrected chi connectivity index (χ1v) is 10.9. The number of likely N-dealkylation sites (tertiary alicyclic amines) is 1. The Kier molecular flexibility index (Phi) is 5.60. The van der Waals surface area contributed by atoms with Gasteiger partial charge in [0.15, 0.2) is 0 Å². The molecule has 0 aromatic carbocycles. The zero-order valence-electron chi connectivity index (χ0n) is 17.9. The molecule has 1 saturated heterocycles. The highest BCUT2D eigenvalue weighted by Crippen LogP contribution is 2.47. The van der Waals surface area contributed by atoms with E-state index in [1.54, 1.807) is 13.8 Å². The number of nitrogens with zero attached hydrogens (tertiary/aromatic N) is 2. The van der Waals surface area contributed by atoms with Crippen molar-refractivity contribution in [2.45, 2.75) is 70.3 Å². The number of pyridine rings is 1. The average molecular weight is 442 g/mol. The van der Waals surface area contributed by atoms with Crippen molar-refractivity contribution >= 4 is 5.91 Å². The molecule has 1 amide bonds. The number of aromatic nitrogens is 1. The Morgan fingerprint density at radius 1 is 1.26 bits per heavy atom. The number of carbonyl (C=O) groups excluding carboxylic acids is 1. The summed E-state index contributed by atoms with van der Waals surface area (Å²) in [5.41, 5.74) is -1.49. The molecule has 0 radical (unpaired) electrons. The molecule has 2 heterocycles. The fourth-order valence-electron chi connectivity index (χ4n) is 5.11. The van der Waals surface area contributed by atoms with E-state index in [1.807, 2.05) is 4.90 Å². The first-order chi connectivity index (χ1) is 14.5. The van der Waals surface area contributed by atoms with E-state index in [1.165, 1.54) is 6.07 Å². The van der Waals surface area contributed by atoms with Crippen molar-refractivity contribution < 1.29 is 32.5 Å². The van der Waals surface area contributed by atoms with E-state index in [-0.39, 0.29) is 35.8 Å². The molecule has 1 spiro atoms. The molecule has 1 aliphatic heterocycles. The highest BCUT2D eigenvalue weighted by molar-refractivity contribution is 5.81. The van der Waals surface area contributed by atoms with Crippen LogP contribution < -0.4 is 9.47 Å². The van der Waals surface area contributed by atoms with Crippen LogP contribution in [-0.4, -0.2) is 52.3 Å². The second kappa shape index (κ2) is 7.83. The summed E-state index contributed by atoms with van der Waals surface area (Å²) >= 11 is 0. The number of ether oxygens (including phenoxy) is 2. The molecule has 6 nitrogen and oxygen atoms in total. The Balaban J connectivity index is 1.28. The molecule has 2 aliphatic carbocycles. The number of carbonyl (C=O) groups is 1. The molecular weight excluding hydrogens is 413 g/mol. The van der Waals surface area contributed by atoms with Gasteiger partial charge in [-0.15, -0.1) is 0 Å². The Morgan fingerprint density at radius 2 is 1.90 bits per heavy atom. The van der Waals surface area contributed by atoms with Crippen molar-refractivity contribution in [2.75, 3.05) is 19.7 Å². The van der Waals surface area contributed by atoms with Crippen LogP contribution in [0.25, 0.3) is 0 Å². The summed E-state index contributed by atoms with van der Waals surface area (Å²) in [6, 6.07) is 2.19. The van der Waals surface area contributed by atoms with E-state index >= 15 is 0 Å². The van der Waals surface area contributed by atoms with Crippen molar-refractivity contribution in [1.29, 1.82) is 0 Å². The number of alkyl halides is 3. The summed E-state index contributed by atoms with van der Waals surface area (Å²) in [5, 5.41) is 9.85. The van der Waals surface area contributed by atoms with Crippen LogP contribution in [0, 0.1) is 11.3 Å². The monoisotopic (exact) mass is 442 g/mol. The highest BCUT2D eigenvalue weighted by Gasteiger charge is 2.51. The van der Waals surface area contributed by atoms with Crippen LogP contribution in [-0.2, 0) is 11.0 Å². The van der Waals surface area contributed by atoms with Gasteiger partial charge in [0.25, 0.3) is 0 Å². The third-order valence-electron chi connectivity index (χ3n) is 6.79. The number of rotatable bonds is 5. The van der Waals surface area contributed by atoms with Crippen LogP contribution >= 0.6 is 0 Å². The Morgan fingerprint density at radius 3 is 2.45 bits per heavy atom. The number of amides is 1. The maximum Gasteiger partial charge on any atom is 0.421 e. The molecule has 172 valence electrons. The van der Waals surface area contributed by atoms with Gasteiger partial charge in [-0.2, -0.15) is 18.2 Å². The summed E-state index contributed by atoms with van der Waals surface area (Å²) in [6.45, 7) is 4.93.